The number of carbonyl (C=O) groups excluding carboxylic acids is 1. The summed E-state index contributed by atoms with van der Waals surface area (Å²) in [6.07, 6.45) is 4.54. The van der Waals surface area contributed by atoms with Crippen molar-refractivity contribution in [2.75, 3.05) is 14.1 Å². The molecule has 0 unspecified atom stereocenters. The second-order valence-electron chi connectivity index (χ2n) is 5.29. The van der Waals surface area contributed by atoms with E-state index < -0.39 is 0 Å². The lowest BCUT2D eigenvalue weighted by molar-refractivity contribution is 0.0655. The molecule has 0 heterocycles. The normalized spacial score (nSPS) is 22.6. The summed E-state index contributed by atoms with van der Waals surface area (Å²) >= 11 is 11.9. The second-order valence-corrected chi connectivity index (χ2v) is 6.11. The van der Waals surface area contributed by atoms with Crippen LogP contribution in [0.4, 0.5) is 0 Å². The summed E-state index contributed by atoms with van der Waals surface area (Å²) in [6, 6.07) is 5.63. The minimum Gasteiger partial charge on any atom is -0.337 e. The number of halogens is 2. The van der Waals surface area contributed by atoms with Crippen molar-refractivity contribution >= 4 is 29.1 Å². The van der Waals surface area contributed by atoms with Gasteiger partial charge >= 0.3 is 0 Å². The number of carbonyl (C=O) groups is 1. The summed E-state index contributed by atoms with van der Waals surface area (Å²) < 4.78 is 0. The van der Waals surface area contributed by atoms with Crippen LogP contribution in [0.1, 0.15) is 36.0 Å². The van der Waals surface area contributed by atoms with Gasteiger partial charge < -0.3 is 10.2 Å². The SMILES string of the molecule is CN[C@@H]1CCCC[C@H]1N(C)C(=O)c1ccc(Cl)c(Cl)c1. The molecule has 2 atom stereocenters. The van der Waals surface area contributed by atoms with E-state index in [9.17, 15) is 4.79 Å². The number of hydrogen-bond donors (Lipinski definition) is 1. The summed E-state index contributed by atoms with van der Waals surface area (Å²) in [6.45, 7) is 0. The Morgan fingerprint density at radius 2 is 1.95 bits per heavy atom. The number of rotatable bonds is 3. The molecule has 2 rings (SSSR count). The molecule has 20 heavy (non-hydrogen) atoms. The van der Waals surface area contributed by atoms with Crippen LogP contribution in [0.5, 0.6) is 0 Å². The van der Waals surface area contributed by atoms with E-state index in [2.05, 4.69) is 5.32 Å². The highest BCUT2D eigenvalue weighted by Gasteiger charge is 2.30. The highest BCUT2D eigenvalue weighted by Crippen LogP contribution is 2.26. The maximum Gasteiger partial charge on any atom is 0.253 e. The first-order valence-electron chi connectivity index (χ1n) is 6.94. The molecule has 1 aromatic rings. The monoisotopic (exact) mass is 314 g/mol. The van der Waals surface area contributed by atoms with Crippen LogP contribution in [-0.2, 0) is 0 Å². The van der Waals surface area contributed by atoms with E-state index in [0.29, 0.717) is 21.7 Å². The molecule has 0 aliphatic heterocycles. The van der Waals surface area contributed by atoms with Crippen LogP contribution in [0.2, 0.25) is 10.0 Å². The van der Waals surface area contributed by atoms with Crippen molar-refractivity contribution in [1.29, 1.82) is 0 Å². The predicted octanol–water partition coefficient (Wildman–Crippen LogP) is 3.60. The minimum atomic E-state index is -0.00397. The molecule has 0 spiro atoms. The molecule has 1 fully saturated rings. The maximum atomic E-state index is 12.6. The summed E-state index contributed by atoms with van der Waals surface area (Å²) in [5, 5.41) is 4.21. The largest absolute Gasteiger partial charge is 0.337 e. The van der Waals surface area contributed by atoms with Crippen LogP contribution in [0.25, 0.3) is 0 Å². The second kappa shape index (κ2) is 6.79. The molecule has 0 saturated heterocycles. The highest BCUT2D eigenvalue weighted by atomic mass is 35.5. The van der Waals surface area contributed by atoms with Crippen molar-refractivity contribution in [3.63, 3.8) is 0 Å². The van der Waals surface area contributed by atoms with E-state index in [1.807, 2.05) is 19.0 Å². The first-order valence-corrected chi connectivity index (χ1v) is 7.69. The Morgan fingerprint density at radius 3 is 2.60 bits per heavy atom. The summed E-state index contributed by atoms with van der Waals surface area (Å²) in [7, 11) is 3.83. The molecular formula is C15H20Cl2N2O. The van der Waals surface area contributed by atoms with Gasteiger partial charge in [0.2, 0.25) is 0 Å². The van der Waals surface area contributed by atoms with Gasteiger partial charge in [-0.2, -0.15) is 0 Å². The lowest BCUT2D eigenvalue weighted by Gasteiger charge is -2.38. The molecule has 3 nitrogen and oxygen atoms in total. The van der Waals surface area contributed by atoms with Crippen LogP contribution in [0.15, 0.2) is 18.2 Å². The molecule has 1 amide bonds. The van der Waals surface area contributed by atoms with Gasteiger partial charge in [0.25, 0.3) is 5.91 Å². The molecule has 1 aromatic carbocycles. The fourth-order valence-corrected chi connectivity index (χ4v) is 3.19. The zero-order valence-corrected chi connectivity index (χ0v) is 13.3. The Bertz CT molecular complexity index is 493. The van der Waals surface area contributed by atoms with Gasteiger partial charge in [-0.1, -0.05) is 36.0 Å². The van der Waals surface area contributed by atoms with Gasteiger partial charge in [0.15, 0.2) is 0 Å². The molecule has 110 valence electrons. The standard InChI is InChI=1S/C15H20Cl2N2O/c1-18-13-5-3-4-6-14(13)19(2)15(20)10-7-8-11(16)12(17)9-10/h7-9,13-14,18H,3-6H2,1-2H3/t13-,14-/m1/s1. The lowest BCUT2D eigenvalue weighted by atomic mass is 9.89. The molecule has 1 N–H and O–H groups in total. The molecule has 1 aliphatic rings. The lowest BCUT2D eigenvalue weighted by Crippen LogP contribution is -2.51. The van der Waals surface area contributed by atoms with Gasteiger partial charge in [-0.15, -0.1) is 0 Å². The van der Waals surface area contributed by atoms with Crippen molar-refractivity contribution in [2.24, 2.45) is 0 Å². The zero-order valence-electron chi connectivity index (χ0n) is 11.8. The summed E-state index contributed by atoms with van der Waals surface area (Å²) in [5.41, 5.74) is 0.585. The smallest absolute Gasteiger partial charge is 0.253 e. The average molecular weight is 315 g/mol. The van der Waals surface area contributed by atoms with E-state index in [1.165, 1.54) is 12.8 Å². The van der Waals surface area contributed by atoms with E-state index >= 15 is 0 Å². The highest BCUT2D eigenvalue weighted by molar-refractivity contribution is 6.42. The fourth-order valence-electron chi connectivity index (χ4n) is 2.89. The van der Waals surface area contributed by atoms with Crippen molar-refractivity contribution in [3.8, 4) is 0 Å². The Labute approximate surface area is 130 Å². The van der Waals surface area contributed by atoms with E-state index in [0.717, 1.165) is 12.8 Å². The van der Waals surface area contributed by atoms with Crippen LogP contribution in [0, 0.1) is 0 Å². The summed E-state index contributed by atoms with van der Waals surface area (Å²) in [5.74, 6) is -0.00397. The van der Waals surface area contributed by atoms with Gasteiger partial charge in [-0.25, -0.2) is 0 Å². The van der Waals surface area contributed by atoms with Crippen molar-refractivity contribution < 1.29 is 4.79 Å². The Kier molecular flexibility index (Phi) is 5.30. The third-order valence-electron chi connectivity index (χ3n) is 4.08. The fraction of sp³-hybridized carbons (Fsp3) is 0.533. The van der Waals surface area contributed by atoms with E-state index in [-0.39, 0.29) is 11.9 Å². The number of benzene rings is 1. The van der Waals surface area contributed by atoms with Crippen LogP contribution < -0.4 is 5.32 Å². The third-order valence-corrected chi connectivity index (χ3v) is 4.82. The predicted molar refractivity (Wildman–Crippen MR) is 83.7 cm³/mol. The summed E-state index contributed by atoms with van der Waals surface area (Å²) in [4.78, 5) is 14.4. The zero-order chi connectivity index (χ0) is 14.7. The molecular weight excluding hydrogens is 295 g/mol. The first kappa shape index (κ1) is 15.6. The van der Waals surface area contributed by atoms with Gasteiger partial charge in [0, 0.05) is 24.7 Å². The molecule has 1 aliphatic carbocycles. The maximum absolute atomic E-state index is 12.6. The number of amides is 1. The average Bonchev–Trinajstić information content (AvgIpc) is 2.48. The molecule has 1 saturated carbocycles. The number of likely N-dealkylation sites (N-methyl/N-ethyl adjacent to an activating group) is 2. The van der Waals surface area contributed by atoms with Gasteiger partial charge in [-0.3, -0.25) is 4.79 Å². The molecule has 0 bridgehead atoms. The van der Waals surface area contributed by atoms with Gasteiger partial charge in [-0.05, 0) is 38.1 Å². The number of hydrogen-bond acceptors (Lipinski definition) is 2. The molecule has 5 heteroatoms. The Hall–Kier alpha value is -0.770. The molecule has 0 aromatic heterocycles. The first-order chi connectivity index (χ1) is 9.54. The van der Waals surface area contributed by atoms with Crippen molar-refractivity contribution in [1.82, 2.24) is 10.2 Å². The van der Waals surface area contributed by atoms with Crippen LogP contribution in [0.3, 0.4) is 0 Å². The third kappa shape index (κ3) is 3.27. The quantitative estimate of drug-likeness (QED) is 0.924. The van der Waals surface area contributed by atoms with Crippen molar-refractivity contribution in [2.45, 2.75) is 37.8 Å². The van der Waals surface area contributed by atoms with Gasteiger partial charge in [0.1, 0.15) is 0 Å². The number of nitrogens with one attached hydrogen (secondary N) is 1. The Balaban J connectivity index is 2.16. The van der Waals surface area contributed by atoms with Gasteiger partial charge in [0.05, 0.1) is 10.0 Å². The van der Waals surface area contributed by atoms with E-state index in [4.69, 9.17) is 23.2 Å². The Morgan fingerprint density at radius 1 is 1.25 bits per heavy atom. The number of nitrogens with zero attached hydrogens (tertiary/aromatic N) is 1. The van der Waals surface area contributed by atoms with Crippen molar-refractivity contribution in [3.05, 3.63) is 33.8 Å². The minimum absolute atomic E-state index is 0.00397. The van der Waals surface area contributed by atoms with E-state index in [1.54, 1.807) is 18.2 Å². The van der Waals surface area contributed by atoms with Crippen LogP contribution in [-0.4, -0.2) is 37.0 Å². The molecule has 0 radical (unpaired) electrons. The topological polar surface area (TPSA) is 32.3 Å². The van der Waals surface area contributed by atoms with Crippen LogP contribution >= 0.6 is 23.2 Å².